The molecule has 6 heteroatoms. The largest absolute Gasteiger partial charge is 0.395 e. The molecule has 2 rings (SSSR count). The number of hydrogen-bond donors (Lipinski definition) is 4. The summed E-state index contributed by atoms with van der Waals surface area (Å²) in [6.45, 7) is 2.33. The minimum Gasteiger partial charge on any atom is -0.395 e. The molecule has 2 aromatic rings. The van der Waals surface area contributed by atoms with Crippen LogP contribution in [0.1, 0.15) is 0 Å². The molecule has 0 saturated heterocycles. The molecule has 0 amide bonds. The lowest BCUT2D eigenvalue weighted by Gasteiger charge is -2.06. The van der Waals surface area contributed by atoms with E-state index in [0.29, 0.717) is 6.54 Å². The van der Waals surface area contributed by atoms with Crippen molar-refractivity contribution < 1.29 is 5.11 Å². The molecule has 2 aromatic heterocycles. The van der Waals surface area contributed by atoms with Crippen LogP contribution in [0.5, 0.6) is 0 Å². The van der Waals surface area contributed by atoms with E-state index in [1.54, 1.807) is 0 Å². The molecule has 0 unspecified atom stereocenters. The first-order valence-corrected chi connectivity index (χ1v) is 5.25. The highest BCUT2D eigenvalue weighted by molar-refractivity contribution is 5.86. The molecule has 6 nitrogen and oxygen atoms in total. The van der Waals surface area contributed by atoms with E-state index < -0.39 is 0 Å². The number of anilines is 1. The van der Waals surface area contributed by atoms with Crippen LogP contribution in [0.25, 0.3) is 11.0 Å². The van der Waals surface area contributed by atoms with Gasteiger partial charge in [-0.25, -0.2) is 9.97 Å². The number of aromatic nitrogens is 3. The molecule has 0 aliphatic heterocycles. The highest BCUT2D eigenvalue weighted by Crippen LogP contribution is 2.16. The molecule has 0 atom stereocenters. The third-order valence-electron chi connectivity index (χ3n) is 2.24. The predicted octanol–water partition coefficient (Wildman–Crippen LogP) is -0.0483. The summed E-state index contributed by atoms with van der Waals surface area (Å²) in [5.41, 5.74) is 0.834. The van der Waals surface area contributed by atoms with Crippen molar-refractivity contribution in [1.82, 2.24) is 20.3 Å². The van der Waals surface area contributed by atoms with Crippen LogP contribution in [0.3, 0.4) is 0 Å². The average Bonchev–Trinajstić information content (AvgIpc) is 2.77. The lowest BCUT2D eigenvalue weighted by molar-refractivity contribution is 0.293. The van der Waals surface area contributed by atoms with E-state index in [4.69, 9.17) is 5.11 Å². The Bertz CT molecular complexity index is 441. The van der Waals surface area contributed by atoms with Crippen LogP contribution in [0.15, 0.2) is 18.6 Å². The summed E-state index contributed by atoms with van der Waals surface area (Å²) in [6.07, 6.45) is 3.37. The molecule has 4 N–H and O–H groups in total. The smallest absolute Gasteiger partial charge is 0.142 e. The van der Waals surface area contributed by atoms with Gasteiger partial charge in [0, 0.05) is 25.8 Å². The Hall–Kier alpha value is -1.66. The van der Waals surface area contributed by atoms with Gasteiger partial charge in [0.1, 0.15) is 17.8 Å². The van der Waals surface area contributed by atoms with Crippen LogP contribution in [0, 0.1) is 0 Å². The van der Waals surface area contributed by atoms with Gasteiger partial charge in [-0.15, -0.1) is 0 Å². The maximum atomic E-state index is 8.59. The van der Waals surface area contributed by atoms with Gasteiger partial charge in [0.2, 0.25) is 0 Å². The van der Waals surface area contributed by atoms with Gasteiger partial charge in [-0.1, -0.05) is 0 Å². The first-order chi connectivity index (χ1) is 7.92. The highest BCUT2D eigenvalue weighted by atomic mass is 16.3. The van der Waals surface area contributed by atoms with Gasteiger partial charge < -0.3 is 20.7 Å². The second kappa shape index (κ2) is 5.43. The van der Waals surface area contributed by atoms with Gasteiger partial charge in [0.15, 0.2) is 0 Å². The molecule has 0 aromatic carbocycles. The van der Waals surface area contributed by atoms with Crippen molar-refractivity contribution in [2.45, 2.75) is 0 Å². The number of aliphatic hydroxyl groups excluding tert-OH is 1. The second-order valence-corrected chi connectivity index (χ2v) is 3.36. The summed E-state index contributed by atoms with van der Waals surface area (Å²) in [5.74, 6) is 0.831. The van der Waals surface area contributed by atoms with E-state index in [0.717, 1.165) is 29.9 Å². The van der Waals surface area contributed by atoms with Crippen LogP contribution in [-0.2, 0) is 0 Å². The van der Waals surface area contributed by atoms with Crippen LogP contribution in [0.2, 0.25) is 0 Å². The summed E-state index contributed by atoms with van der Waals surface area (Å²) >= 11 is 0. The zero-order valence-electron chi connectivity index (χ0n) is 8.90. The Morgan fingerprint density at radius 3 is 3.06 bits per heavy atom. The van der Waals surface area contributed by atoms with Gasteiger partial charge in [-0.05, 0) is 6.07 Å². The number of nitrogens with one attached hydrogen (secondary N) is 3. The maximum absolute atomic E-state index is 8.59. The summed E-state index contributed by atoms with van der Waals surface area (Å²) < 4.78 is 0. The van der Waals surface area contributed by atoms with Crippen LogP contribution < -0.4 is 10.6 Å². The Morgan fingerprint density at radius 2 is 2.19 bits per heavy atom. The molecule has 0 saturated carbocycles. The van der Waals surface area contributed by atoms with E-state index >= 15 is 0 Å². The molecule has 0 radical (unpaired) electrons. The number of nitrogens with zero attached hydrogens (tertiary/aromatic N) is 2. The fourth-order valence-electron chi connectivity index (χ4n) is 1.49. The summed E-state index contributed by atoms with van der Waals surface area (Å²) in [6, 6.07) is 1.94. The third kappa shape index (κ3) is 2.47. The highest BCUT2D eigenvalue weighted by Gasteiger charge is 2.02. The van der Waals surface area contributed by atoms with E-state index in [1.807, 2.05) is 12.3 Å². The fraction of sp³-hybridized carbons (Fsp3) is 0.400. The zero-order valence-corrected chi connectivity index (χ0v) is 8.90. The number of H-pyrrole nitrogens is 1. The van der Waals surface area contributed by atoms with Crippen molar-refractivity contribution >= 4 is 16.9 Å². The van der Waals surface area contributed by atoms with Gasteiger partial charge in [-0.3, -0.25) is 0 Å². The van der Waals surface area contributed by atoms with Crippen molar-refractivity contribution in [2.75, 3.05) is 31.6 Å². The SMILES string of the molecule is OCCNCCNc1ncnc2[nH]ccc12. The van der Waals surface area contributed by atoms with Crippen molar-refractivity contribution in [3.05, 3.63) is 18.6 Å². The lowest BCUT2D eigenvalue weighted by Crippen LogP contribution is -2.25. The molecular formula is C10H15N5O. The maximum Gasteiger partial charge on any atom is 0.142 e. The Labute approximate surface area is 93.1 Å². The molecule has 0 fully saturated rings. The molecule has 16 heavy (non-hydrogen) atoms. The summed E-state index contributed by atoms with van der Waals surface area (Å²) in [4.78, 5) is 11.3. The Morgan fingerprint density at radius 1 is 1.25 bits per heavy atom. The zero-order chi connectivity index (χ0) is 11.2. The standard InChI is InChI=1S/C10H15N5O/c16-6-5-11-3-4-13-10-8-1-2-12-9(8)14-7-15-10/h1-2,7,11,16H,3-6H2,(H2,12,13,14,15). The number of rotatable bonds is 6. The van der Waals surface area contributed by atoms with E-state index in [9.17, 15) is 0 Å². The minimum absolute atomic E-state index is 0.162. The number of fused-ring (bicyclic) bond motifs is 1. The van der Waals surface area contributed by atoms with Gasteiger partial charge >= 0.3 is 0 Å². The predicted molar refractivity (Wildman–Crippen MR) is 62.3 cm³/mol. The summed E-state index contributed by atoms with van der Waals surface area (Å²) in [5, 5.41) is 15.9. The van der Waals surface area contributed by atoms with E-state index in [2.05, 4.69) is 25.6 Å². The number of aromatic amines is 1. The molecular weight excluding hydrogens is 206 g/mol. The molecule has 0 spiro atoms. The Balaban J connectivity index is 1.91. The summed E-state index contributed by atoms with van der Waals surface area (Å²) in [7, 11) is 0. The van der Waals surface area contributed by atoms with Gasteiger partial charge in [-0.2, -0.15) is 0 Å². The van der Waals surface area contributed by atoms with Gasteiger partial charge in [0.25, 0.3) is 0 Å². The van der Waals surface area contributed by atoms with Crippen LogP contribution in [0.4, 0.5) is 5.82 Å². The third-order valence-corrected chi connectivity index (χ3v) is 2.24. The van der Waals surface area contributed by atoms with Gasteiger partial charge in [0.05, 0.1) is 12.0 Å². The quantitative estimate of drug-likeness (QED) is 0.514. The first kappa shape index (κ1) is 10.8. The van der Waals surface area contributed by atoms with Crippen molar-refractivity contribution in [3.63, 3.8) is 0 Å². The fourth-order valence-corrected chi connectivity index (χ4v) is 1.49. The second-order valence-electron chi connectivity index (χ2n) is 3.36. The molecule has 86 valence electrons. The molecule has 0 aliphatic rings. The van der Waals surface area contributed by atoms with Crippen LogP contribution in [-0.4, -0.2) is 46.3 Å². The van der Waals surface area contributed by atoms with Crippen molar-refractivity contribution in [1.29, 1.82) is 0 Å². The Kier molecular flexibility index (Phi) is 3.68. The number of aliphatic hydroxyl groups is 1. The van der Waals surface area contributed by atoms with E-state index in [-0.39, 0.29) is 6.61 Å². The first-order valence-electron chi connectivity index (χ1n) is 5.25. The minimum atomic E-state index is 0.162. The molecule has 2 heterocycles. The van der Waals surface area contributed by atoms with Crippen molar-refractivity contribution in [2.24, 2.45) is 0 Å². The number of hydrogen-bond acceptors (Lipinski definition) is 5. The average molecular weight is 221 g/mol. The normalized spacial score (nSPS) is 10.8. The molecule has 0 bridgehead atoms. The molecule has 0 aliphatic carbocycles. The lowest BCUT2D eigenvalue weighted by atomic mass is 10.4. The van der Waals surface area contributed by atoms with Crippen molar-refractivity contribution in [3.8, 4) is 0 Å². The van der Waals surface area contributed by atoms with E-state index in [1.165, 1.54) is 6.33 Å². The van der Waals surface area contributed by atoms with Crippen LogP contribution >= 0.6 is 0 Å². The monoisotopic (exact) mass is 221 g/mol. The topological polar surface area (TPSA) is 85.9 Å².